The van der Waals surface area contributed by atoms with Crippen LogP contribution in [0.1, 0.15) is 36.5 Å². The van der Waals surface area contributed by atoms with Crippen LogP contribution in [0.5, 0.6) is 0 Å². The van der Waals surface area contributed by atoms with Gasteiger partial charge in [0.1, 0.15) is 0 Å². The lowest BCUT2D eigenvalue weighted by atomic mass is 9.89. The van der Waals surface area contributed by atoms with E-state index in [1.165, 1.54) is 0 Å². The predicted molar refractivity (Wildman–Crippen MR) is 103 cm³/mol. The number of H-pyrrole nitrogens is 1. The van der Waals surface area contributed by atoms with Crippen LogP contribution in [-0.2, 0) is 4.79 Å². The van der Waals surface area contributed by atoms with E-state index in [0.29, 0.717) is 29.4 Å². The third-order valence-electron chi connectivity index (χ3n) is 5.88. The molecule has 2 aliphatic heterocycles. The SMILES string of the molecule is CC(CO)C(=O)N1CC2CCCC(C1)N2C(=O)c1ccc2cn[nH]c(=O)c2c1. The zero-order valence-electron chi connectivity index (χ0n) is 15.8. The summed E-state index contributed by atoms with van der Waals surface area (Å²) in [5, 5.41) is 16.6. The maximum absolute atomic E-state index is 13.3. The van der Waals surface area contributed by atoms with Crippen molar-refractivity contribution in [2.24, 2.45) is 5.92 Å². The van der Waals surface area contributed by atoms with Crippen LogP contribution in [0.25, 0.3) is 10.8 Å². The average Bonchev–Trinajstić information content (AvgIpc) is 2.71. The van der Waals surface area contributed by atoms with Crippen LogP contribution in [0.4, 0.5) is 0 Å². The summed E-state index contributed by atoms with van der Waals surface area (Å²) in [4.78, 5) is 41.5. The summed E-state index contributed by atoms with van der Waals surface area (Å²) in [6.07, 6.45) is 4.28. The molecule has 2 bridgehead atoms. The van der Waals surface area contributed by atoms with E-state index in [4.69, 9.17) is 0 Å². The minimum absolute atomic E-state index is 0.0405. The molecule has 2 fully saturated rings. The minimum atomic E-state index is -0.427. The van der Waals surface area contributed by atoms with Gasteiger partial charge in [0.2, 0.25) is 5.91 Å². The second-order valence-electron chi connectivity index (χ2n) is 7.78. The highest BCUT2D eigenvalue weighted by atomic mass is 16.3. The van der Waals surface area contributed by atoms with Crippen molar-refractivity contribution in [3.05, 3.63) is 40.3 Å². The molecular formula is C20H24N4O4. The topological polar surface area (TPSA) is 107 Å². The zero-order chi connectivity index (χ0) is 19.8. The number of nitrogens with one attached hydrogen (secondary N) is 1. The lowest BCUT2D eigenvalue weighted by Gasteiger charge is -2.50. The van der Waals surface area contributed by atoms with Crippen molar-refractivity contribution in [1.29, 1.82) is 0 Å². The van der Waals surface area contributed by atoms with Gasteiger partial charge >= 0.3 is 0 Å². The van der Waals surface area contributed by atoms with Gasteiger partial charge in [-0.25, -0.2) is 5.10 Å². The van der Waals surface area contributed by atoms with Gasteiger partial charge in [0.15, 0.2) is 0 Å². The van der Waals surface area contributed by atoms with Crippen LogP contribution >= 0.6 is 0 Å². The number of hydrogen-bond donors (Lipinski definition) is 2. The quantitative estimate of drug-likeness (QED) is 0.812. The maximum Gasteiger partial charge on any atom is 0.272 e. The van der Waals surface area contributed by atoms with Crippen molar-refractivity contribution in [1.82, 2.24) is 20.0 Å². The molecular weight excluding hydrogens is 360 g/mol. The summed E-state index contributed by atoms with van der Waals surface area (Å²) >= 11 is 0. The average molecular weight is 384 g/mol. The molecule has 3 heterocycles. The Morgan fingerprint density at radius 1 is 1.29 bits per heavy atom. The number of piperazine rings is 1. The van der Waals surface area contributed by atoms with Crippen LogP contribution in [-0.4, -0.2) is 68.7 Å². The predicted octanol–water partition coefficient (Wildman–Crippen LogP) is 0.757. The molecule has 2 amide bonds. The summed E-state index contributed by atoms with van der Waals surface area (Å²) in [6, 6.07) is 5.01. The molecule has 0 radical (unpaired) electrons. The molecule has 2 N–H and O–H groups in total. The molecule has 8 nitrogen and oxygen atoms in total. The number of aromatic amines is 1. The lowest BCUT2D eigenvalue weighted by molar-refractivity contribution is -0.141. The van der Waals surface area contributed by atoms with E-state index in [2.05, 4.69) is 10.2 Å². The Morgan fingerprint density at radius 3 is 2.68 bits per heavy atom. The van der Waals surface area contributed by atoms with E-state index < -0.39 is 5.92 Å². The Balaban J connectivity index is 1.61. The largest absolute Gasteiger partial charge is 0.396 e. The van der Waals surface area contributed by atoms with Crippen LogP contribution in [0.3, 0.4) is 0 Å². The van der Waals surface area contributed by atoms with Gasteiger partial charge in [-0.2, -0.15) is 5.10 Å². The van der Waals surface area contributed by atoms with Gasteiger partial charge in [-0.1, -0.05) is 13.0 Å². The summed E-state index contributed by atoms with van der Waals surface area (Å²) in [5.74, 6) is -0.588. The highest BCUT2D eigenvalue weighted by Gasteiger charge is 2.42. The molecule has 148 valence electrons. The third-order valence-corrected chi connectivity index (χ3v) is 5.88. The molecule has 1 aromatic carbocycles. The number of amides is 2. The van der Waals surface area contributed by atoms with Crippen molar-refractivity contribution in [2.75, 3.05) is 19.7 Å². The monoisotopic (exact) mass is 384 g/mol. The molecule has 1 aromatic heterocycles. The summed E-state index contributed by atoms with van der Waals surface area (Å²) in [5.41, 5.74) is 0.158. The second-order valence-corrected chi connectivity index (χ2v) is 7.78. The van der Waals surface area contributed by atoms with Gasteiger partial charge in [-0.15, -0.1) is 0 Å². The van der Waals surface area contributed by atoms with Gasteiger partial charge < -0.3 is 14.9 Å². The molecule has 2 saturated heterocycles. The molecule has 3 atom stereocenters. The molecule has 0 saturated carbocycles. The van der Waals surface area contributed by atoms with Crippen molar-refractivity contribution in [3.63, 3.8) is 0 Å². The Hall–Kier alpha value is -2.74. The first-order chi connectivity index (χ1) is 13.5. The Kier molecular flexibility index (Phi) is 4.89. The number of aromatic nitrogens is 2. The minimum Gasteiger partial charge on any atom is -0.396 e. The van der Waals surface area contributed by atoms with Gasteiger partial charge in [-0.05, 0) is 31.4 Å². The highest BCUT2D eigenvalue weighted by Crippen LogP contribution is 2.31. The Labute approximate surface area is 162 Å². The zero-order valence-corrected chi connectivity index (χ0v) is 15.8. The number of piperidine rings is 1. The van der Waals surface area contributed by atoms with E-state index in [1.807, 2.05) is 4.90 Å². The van der Waals surface area contributed by atoms with Gasteiger partial charge in [0.05, 0.1) is 24.1 Å². The first kappa shape index (κ1) is 18.6. The fourth-order valence-electron chi connectivity index (χ4n) is 4.38. The number of benzene rings is 1. The maximum atomic E-state index is 13.3. The summed E-state index contributed by atoms with van der Waals surface area (Å²) < 4.78 is 0. The number of hydrogen-bond acceptors (Lipinski definition) is 5. The molecule has 4 rings (SSSR count). The van der Waals surface area contributed by atoms with Crippen LogP contribution < -0.4 is 5.56 Å². The summed E-state index contributed by atoms with van der Waals surface area (Å²) in [7, 11) is 0. The highest BCUT2D eigenvalue weighted by molar-refractivity contribution is 5.98. The number of carbonyl (C=O) groups is 2. The van der Waals surface area contributed by atoms with Crippen LogP contribution in [0.15, 0.2) is 29.2 Å². The lowest BCUT2D eigenvalue weighted by Crippen LogP contribution is -2.64. The molecule has 28 heavy (non-hydrogen) atoms. The van der Waals surface area contributed by atoms with E-state index in [-0.39, 0.29) is 36.1 Å². The number of rotatable bonds is 3. The van der Waals surface area contributed by atoms with E-state index in [9.17, 15) is 19.5 Å². The smallest absolute Gasteiger partial charge is 0.272 e. The molecule has 8 heteroatoms. The van der Waals surface area contributed by atoms with E-state index in [0.717, 1.165) is 19.3 Å². The van der Waals surface area contributed by atoms with Crippen LogP contribution in [0, 0.1) is 5.92 Å². The van der Waals surface area contributed by atoms with E-state index >= 15 is 0 Å². The van der Waals surface area contributed by atoms with Crippen molar-refractivity contribution in [3.8, 4) is 0 Å². The van der Waals surface area contributed by atoms with Crippen LogP contribution in [0.2, 0.25) is 0 Å². The number of fused-ring (bicyclic) bond motifs is 3. The van der Waals surface area contributed by atoms with Crippen molar-refractivity contribution in [2.45, 2.75) is 38.3 Å². The first-order valence-corrected chi connectivity index (χ1v) is 9.69. The number of nitrogens with zero attached hydrogens (tertiary/aromatic N) is 3. The Bertz CT molecular complexity index is 958. The standard InChI is InChI=1S/C20H24N4O4/c1-12(11-25)19(27)23-9-15-3-2-4-16(10-23)24(15)20(28)13-5-6-14-8-21-22-18(26)17(14)7-13/h5-8,12,15-16,25H,2-4,9-11H2,1H3,(H,22,26). The molecule has 2 aliphatic rings. The molecule has 0 spiro atoms. The number of aliphatic hydroxyl groups excluding tert-OH is 1. The second kappa shape index (κ2) is 7.35. The van der Waals surface area contributed by atoms with E-state index in [1.54, 1.807) is 36.2 Å². The summed E-state index contributed by atoms with van der Waals surface area (Å²) in [6.45, 7) is 2.53. The fourth-order valence-corrected chi connectivity index (χ4v) is 4.38. The molecule has 2 aromatic rings. The number of aliphatic hydroxyl groups is 1. The van der Waals surface area contributed by atoms with Crippen molar-refractivity contribution >= 4 is 22.6 Å². The van der Waals surface area contributed by atoms with Gasteiger partial charge in [0, 0.05) is 36.1 Å². The fraction of sp³-hybridized carbons (Fsp3) is 0.500. The first-order valence-electron chi connectivity index (χ1n) is 9.69. The Morgan fingerprint density at radius 2 is 2.00 bits per heavy atom. The van der Waals surface area contributed by atoms with Gasteiger partial charge in [-0.3, -0.25) is 14.4 Å². The number of likely N-dealkylation sites (tertiary alicyclic amines) is 1. The van der Waals surface area contributed by atoms with Crippen molar-refractivity contribution < 1.29 is 14.7 Å². The third kappa shape index (κ3) is 3.17. The molecule has 0 aliphatic carbocycles. The number of carbonyl (C=O) groups excluding carboxylic acids is 2. The molecule has 3 unspecified atom stereocenters. The normalized spacial score (nSPS) is 22.9. The van der Waals surface area contributed by atoms with Gasteiger partial charge in [0.25, 0.3) is 11.5 Å².